The number of rotatable bonds is 6. The molecule has 2 N–H and O–H groups in total. The molecule has 0 aliphatic heterocycles. The van der Waals surface area contributed by atoms with Gasteiger partial charge in [0.1, 0.15) is 5.60 Å². The van der Waals surface area contributed by atoms with E-state index in [1.807, 2.05) is 12.1 Å². The van der Waals surface area contributed by atoms with Crippen LogP contribution in [0.2, 0.25) is 0 Å². The maximum absolute atomic E-state index is 12.7. The van der Waals surface area contributed by atoms with Gasteiger partial charge in [-0.15, -0.1) is 10.2 Å². The molecule has 0 aliphatic carbocycles. The normalized spacial score (nSPS) is 14.1. The molecule has 1 heterocycles. The van der Waals surface area contributed by atoms with Crippen molar-refractivity contribution in [2.24, 2.45) is 0 Å². The lowest BCUT2D eigenvalue weighted by Crippen LogP contribution is -2.23. The second kappa shape index (κ2) is 7.73. The molecule has 0 radical (unpaired) electrons. The summed E-state index contributed by atoms with van der Waals surface area (Å²) in [5.41, 5.74) is -0.0348. The first-order chi connectivity index (χ1) is 13.2. The molecule has 0 saturated carbocycles. The number of alkyl halides is 3. The van der Waals surface area contributed by atoms with Gasteiger partial charge in [0.2, 0.25) is 11.8 Å². The Morgan fingerprint density at radius 3 is 2.32 bits per heavy atom. The van der Waals surface area contributed by atoms with Crippen LogP contribution in [0.15, 0.2) is 52.9 Å². The molecule has 8 heteroatoms. The van der Waals surface area contributed by atoms with Crippen LogP contribution in [0.25, 0.3) is 11.5 Å². The van der Waals surface area contributed by atoms with E-state index in [0.29, 0.717) is 17.5 Å². The summed E-state index contributed by atoms with van der Waals surface area (Å²) in [4.78, 5) is 0. The van der Waals surface area contributed by atoms with Gasteiger partial charge in [0, 0.05) is 18.6 Å². The molecular weight excluding hydrogens is 373 g/mol. The number of aliphatic hydroxyl groups excluding tert-OH is 1. The topological polar surface area (TPSA) is 79.4 Å². The highest BCUT2D eigenvalue weighted by Crippen LogP contribution is 2.31. The average molecular weight is 392 g/mol. The standard InChI is InChI=1S/C20H19F3N2O3/c1-19(27,10-11-26)18-25-24-17(28-18)16-5-3-2-4-14(16)12-13-6-8-15(9-7-13)20(21,22)23/h2-9,26-27H,10-12H2,1H3. The summed E-state index contributed by atoms with van der Waals surface area (Å²) in [6.45, 7) is 1.23. The zero-order valence-corrected chi connectivity index (χ0v) is 15.1. The van der Waals surface area contributed by atoms with Gasteiger partial charge in [0.25, 0.3) is 0 Å². The Hall–Kier alpha value is -2.71. The maximum Gasteiger partial charge on any atom is 0.416 e. The van der Waals surface area contributed by atoms with Gasteiger partial charge in [-0.2, -0.15) is 13.2 Å². The number of benzene rings is 2. The number of aromatic nitrogens is 2. The first-order valence-electron chi connectivity index (χ1n) is 8.62. The van der Waals surface area contributed by atoms with Gasteiger partial charge in [-0.1, -0.05) is 30.3 Å². The van der Waals surface area contributed by atoms with Crippen molar-refractivity contribution in [1.82, 2.24) is 10.2 Å². The summed E-state index contributed by atoms with van der Waals surface area (Å²) in [7, 11) is 0. The number of hydrogen-bond acceptors (Lipinski definition) is 5. The molecule has 0 saturated heterocycles. The summed E-state index contributed by atoms with van der Waals surface area (Å²) in [5, 5.41) is 27.2. The molecule has 148 valence electrons. The van der Waals surface area contributed by atoms with E-state index in [1.54, 1.807) is 12.1 Å². The van der Waals surface area contributed by atoms with E-state index in [1.165, 1.54) is 19.1 Å². The van der Waals surface area contributed by atoms with E-state index >= 15 is 0 Å². The van der Waals surface area contributed by atoms with Crippen LogP contribution in [0.1, 0.15) is 35.9 Å². The quantitative estimate of drug-likeness (QED) is 0.664. The van der Waals surface area contributed by atoms with E-state index in [9.17, 15) is 18.3 Å². The third-order valence-electron chi connectivity index (χ3n) is 4.41. The minimum absolute atomic E-state index is 0.0131. The van der Waals surface area contributed by atoms with Crippen molar-refractivity contribution < 1.29 is 27.8 Å². The Morgan fingerprint density at radius 2 is 1.68 bits per heavy atom. The molecule has 2 aromatic carbocycles. The summed E-state index contributed by atoms with van der Waals surface area (Å²) in [6, 6.07) is 12.1. The fourth-order valence-electron chi connectivity index (χ4n) is 2.79. The first-order valence-corrected chi connectivity index (χ1v) is 8.62. The highest BCUT2D eigenvalue weighted by Gasteiger charge is 2.31. The van der Waals surface area contributed by atoms with Crippen molar-refractivity contribution in [2.45, 2.75) is 31.5 Å². The molecule has 3 rings (SSSR count). The third-order valence-corrected chi connectivity index (χ3v) is 4.41. The number of hydrogen-bond donors (Lipinski definition) is 2. The molecule has 0 bridgehead atoms. The van der Waals surface area contributed by atoms with Crippen LogP contribution in [-0.2, 0) is 18.2 Å². The fourth-order valence-corrected chi connectivity index (χ4v) is 2.79. The SMILES string of the molecule is CC(O)(CCO)c1nnc(-c2ccccc2Cc2ccc(C(F)(F)F)cc2)o1. The molecular formula is C20H19F3N2O3. The Morgan fingerprint density at radius 1 is 1.00 bits per heavy atom. The van der Waals surface area contributed by atoms with Crippen molar-refractivity contribution in [3.63, 3.8) is 0 Å². The molecule has 1 aromatic heterocycles. The molecule has 0 aliphatic rings. The zero-order chi connectivity index (χ0) is 20.4. The molecule has 5 nitrogen and oxygen atoms in total. The first kappa shape index (κ1) is 20.0. The zero-order valence-electron chi connectivity index (χ0n) is 15.1. The van der Waals surface area contributed by atoms with Gasteiger partial charge >= 0.3 is 6.18 Å². The van der Waals surface area contributed by atoms with Crippen LogP contribution in [0.4, 0.5) is 13.2 Å². The largest absolute Gasteiger partial charge is 0.418 e. The number of halogens is 3. The summed E-state index contributed by atoms with van der Waals surface area (Å²) < 4.78 is 43.8. The van der Waals surface area contributed by atoms with Crippen molar-refractivity contribution in [1.29, 1.82) is 0 Å². The minimum Gasteiger partial charge on any atom is -0.418 e. The summed E-state index contributed by atoms with van der Waals surface area (Å²) in [5.74, 6) is 0.177. The van der Waals surface area contributed by atoms with Crippen LogP contribution < -0.4 is 0 Å². The number of nitrogens with zero attached hydrogens (tertiary/aromatic N) is 2. The van der Waals surface area contributed by atoms with E-state index in [2.05, 4.69) is 10.2 Å². The van der Waals surface area contributed by atoms with Crippen molar-refractivity contribution in [3.8, 4) is 11.5 Å². The maximum atomic E-state index is 12.7. The molecule has 28 heavy (non-hydrogen) atoms. The monoisotopic (exact) mass is 392 g/mol. The Balaban J connectivity index is 1.87. The van der Waals surface area contributed by atoms with Crippen molar-refractivity contribution in [2.75, 3.05) is 6.61 Å². The smallest absolute Gasteiger partial charge is 0.416 e. The van der Waals surface area contributed by atoms with Gasteiger partial charge in [0.15, 0.2) is 0 Å². The van der Waals surface area contributed by atoms with Gasteiger partial charge in [0.05, 0.1) is 5.56 Å². The van der Waals surface area contributed by atoms with Gasteiger partial charge < -0.3 is 14.6 Å². The van der Waals surface area contributed by atoms with Crippen LogP contribution in [0.3, 0.4) is 0 Å². The van der Waals surface area contributed by atoms with Crippen LogP contribution in [0.5, 0.6) is 0 Å². The highest BCUT2D eigenvalue weighted by molar-refractivity contribution is 5.59. The predicted octanol–water partition coefficient (Wildman–Crippen LogP) is 3.94. The van der Waals surface area contributed by atoms with Crippen LogP contribution in [-0.4, -0.2) is 27.0 Å². The third kappa shape index (κ3) is 4.40. The second-order valence-electron chi connectivity index (χ2n) is 6.69. The van der Waals surface area contributed by atoms with Crippen LogP contribution in [0, 0.1) is 0 Å². The molecule has 0 spiro atoms. The average Bonchev–Trinajstić information content (AvgIpc) is 3.13. The Labute approximate surface area is 159 Å². The molecule has 0 fully saturated rings. The molecule has 3 aromatic rings. The van der Waals surface area contributed by atoms with E-state index in [-0.39, 0.29) is 24.8 Å². The highest BCUT2D eigenvalue weighted by atomic mass is 19.4. The van der Waals surface area contributed by atoms with E-state index in [0.717, 1.165) is 17.7 Å². The summed E-state index contributed by atoms with van der Waals surface area (Å²) >= 11 is 0. The predicted molar refractivity (Wildman–Crippen MR) is 95.3 cm³/mol. The second-order valence-corrected chi connectivity index (χ2v) is 6.69. The Kier molecular flexibility index (Phi) is 5.53. The van der Waals surface area contributed by atoms with Gasteiger partial charge in [-0.3, -0.25) is 0 Å². The van der Waals surface area contributed by atoms with Crippen molar-refractivity contribution in [3.05, 3.63) is 71.1 Å². The molecule has 0 amide bonds. The number of aliphatic hydroxyl groups is 2. The van der Waals surface area contributed by atoms with E-state index < -0.39 is 17.3 Å². The minimum atomic E-state index is -4.37. The summed E-state index contributed by atoms with van der Waals surface area (Å²) in [6.07, 6.45) is -3.96. The van der Waals surface area contributed by atoms with Crippen LogP contribution >= 0.6 is 0 Å². The Bertz CT molecular complexity index is 934. The van der Waals surface area contributed by atoms with E-state index in [4.69, 9.17) is 9.52 Å². The lowest BCUT2D eigenvalue weighted by molar-refractivity contribution is -0.137. The van der Waals surface area contributed by atoms with Gasteiger partial charge in [-0.25, -0.2) is 0 Å². The lowest BCUT2D eigenvalue weighted by atomic mass is 9.99. The van der Waals surface area contributed by atoms with Gasteiger partial charge in [-0.05, 0) is 42.7 Å². The molecule has 1 unspecified atom stereocenters. The van der Waals surface area contributed by atoms with Crippen molar-refractivity contribution >= 4 is 0 Å². The lowest BCUT2D eigenvalue weighted by Gasteiger charge is -2.16. The molecule has 1 atom stereocenters. The fraction of sp³-hybridized carbons (Fsp3) is 0.300.